The van der Waals surface area contributed by atoms with Gasteiger partial charge in [0.15, 0.2) is 5.82 Å². The molecule has 30 heavy (non-hydrogen) atoms. The summed E-state index contributed by atoms with van der Waals surface area (Å²) < 4.78 is 1.79. The normalized spacial score (nSPS) is 15.4. The Morgan fingerprint density at radius 1 is 1.13 bits per heavy atom. The Morgan fingerprint density at radius 3 is 2.73 bits per heavy atom. The molecule has 0 fully saturated rings. The molecule has 4 heterocycles. The van der Waals surface area contributed by atoms with Gasteiger partial charge in [0, 0.05) is 11.9 Å². The minimum absolute atomic E-state index is 0.208. The van der Waals surface area contributed by atoms with Gasteiger partial charge in [0.05, 0.1) is 22.3 Å². The summed E-state index contributed by atoms with van der Waals surface area (Å²) in [5.41, 5.74) is 2.92. The van der Waals surface area contributed by atoms with Gasteiger partial charge in [-0.15, -0.1) is 16.4 Å². The van der Waals surface area contributed by atoms with Crippen LogP contribution in [0.3, 0.4) is 0 Å². The molecule has 5 rings (SSSR count). The summed E-state index contributed by atoms with van der Waals surface area (Å²) in [5.74, 6) is 1.04. The Kier molecular flexibility index (Phi) is 4.61. The minimum Gasteiger partial charge on any atom is -0.328 e. The highest BCUT2D eigenvalue weighted by Gasteiger charge is 2.34. The van der Waals surface area contributed by atoms with Crippen molar-refractivity contribution in [3.05, 3.63) is 89.2 Å². The van der Waals surface area contributed by atoms with Crippen molar-refractivity contribution in [2.75, 3.05) is 10.6 Å². The first-order valence-corrected chi connectivity index (χ1v) is 10.3. The molecule has 1 aliphatic rings. The lowest BCUT2D eigenvalue weighted by Crippen LogP contribution is -2.31. The van der Waals surface area contributed by atoms with Crippen molar-refractivity contribution >= 4 is 28.9 Å². The van der Waals surface area contributed by atoms with E-state index < -0.39 is 6.04 Å². The Hall–Kier alpha value is -3.78. The van der Waals surface area contributed by atoms with Crippen LogP contribution < -0.4 is 10.6 Å². The summed E-state index contributed by atoms with van der Waals surface area (Å²) in [6.07, 6.45) is 3.29. The van der Waals surface area contributed by atoms with E-state index in [0.717, 1.165) is 16.1 Å². The monoisotopic (exact) mass is 414 g/mol. The molecule has 0 radical (unpaired) electrons. The van der Waals surface area contributed by atoms with Gasteiger partial charge in [-0.2, -0.15) is 4.98 Å². The van der Waals surface area contributed by atoms with Crippen LogP contribution in [0.25, 0.3) is 10.7 Å². The third-order valence-corrected chi connectivity index (χ3v) is 5.74. The number of nitrogens with one attached hydrogen (secondary N) is 2. The van der Waals surface area contributed by atoms with Gasteiger partial charge < -0.3 is 10.6 Å². The van der Waals surface area contributed by atoms with Gasteiger partial charge in [0.2, 0.25) is 5.95 Å². The molecule has 1 atom stereocenters. The van der Waals surface area contributed by atoms with Gasteiger partial charge in [-0.25, -0.2) is 4.68 Å². The molecule has 8 heteroatoms. The largest absolute Gasteiger partial charge is 0.328 e. The molecule has 0 aliphatic carbocycles. The Morgan fingerprint density at radius 2 is 2.00 bits per heavy atom. The first-order chi connectivity index (χ1) is 14.7. The molecule has 7 nitrogen and oxygen atoms in total. The number of allylic oxidation sites excluding steroid dienone is 1. The number of amides is 1. The number of benzene rings is 1. The molecule has 0 spiro atoms. The lowest BCUT2D eigenvalue weighted by molar-refractivity contribution is -0.113. The smallest absolute Gasteiger partial charge is 0.255 e. The zero-order valence-electron chi connectivity index (χ0n) is 16.1. The van der Waals surface area contributed by atoms with Crippen LogP contribution in [-0.2, 0) is 4.79 Å². The van der Waals surface area contributed by atoms with Crippen LogP contribution in [0.5, 0.6) is 0 Å². The number of anilines is 2. The summed E-state index contributed by atoms with van der Waals surface area (Å²) in [6.45, 7) is 1.89. The van der Waals surface area contributed by atoms with E-state index in [4.69, 9.17) is 5.10 Å². The number of carbonyl (C=O) groups is 1. The van der Waals surface area contributed by atoms with Crippen LogP contribution in [0.1, 0.15) is 18.5 Å². The number of hydrogen-bond donors (Lipinski definition) is 2. The Labute approximate surface area is 177 Å². The molecule has 3 aromatic heterocycles. The lowest BCUT2D eigenvalue weighted by Gasteiger charge is -2.28. The van der Waals surface area contributed by atoms with Crippen molar-refractivity contribution in [2.24, 2.45) is 0 Å². The van der Waals surface area contributed by atoms with Gasteiger partial charge in [-0.05, 0) is 36.1 Å². The number of rotatable bonds is 4. The summed E-state index contributed by atoms with van der Waals surface area (Å²) in [5, 5.41) is 12.9. The number of thiophene rings is 1. The summed E-state index contributed by atoms with van der Waals surface area (Å²) in [6, 6.07) is 17.0. The maximum atomic E-state index is 13.3. The average molecular weight is 414 g/mol. The highest BCUT2D eigenvalue weighted by molar-refractivity contribution is 7.13. The van der Waals surface area contributed by atoms with E-state index in [-0.39, 0.29) is 5.91 Å². The minimum atomic E-state index is -0.402. The lowest BCUT2D eigenvalue weighted by atomic mass is 9.95. The zero-order chi connectivity index (χ0) is 20.5. The number of hydrogen-bond acceptors (Lipinski definition) is 6. The Balaban J connectivity index is 1.60. The van der Waals surface area contributed by atoms with Gasteiger partial charge in [0.25, 0.3) is 5.91 Å². The molecule has 0 bridgehead atoms. The van der Waals surface area contributed by atoms with E-state index in [0.29, 0.717) is 23.0 Å². The van der Waals surface area contributed by atoms with Crippen molar-refractivity contribution in [1.29, 1.82) is 0 Å². The summed E-state index contributed by atoms with van der Waals surface area (Å²) in [4.78, 5) is 23.0. The van der Waals surface area contributed by atoms with E-state index in [1.807, 2.05) is 60.8 Å². The van der Waals surface area contributed by atoms with Crippen molar-refractivity contribution < 1.29 is 4.79 Å². The maximum Gasteiger partial charge on any atom is 0.255 e. The standard InChI is InChI=1S/C22H18N6OS/c1-14-18(21(29)25-16-9-5-11-23-13-16)19(15-7-3-2-4-8-15)28-22(24-14)26-20(27-28)17-10-6-12-30-17/h2-13,19H,1H3,(H,25,29)(H,24,26,27). The third kappa shape index (κ3) is 3.27. The average Bonchev–Trinajstić information content (AvgIpc) is 3.44. The first kappa shape index (κ1) is 18.3. The van der Waals surface area contributed by atoms with Gasteiger partial charge in [-0.3, -0.25) is 9.78 Å². The van der Waals surface area contributed by atoms with E-state index in [9.17, 15) is 4.79 Å². The second-order valence-corrected chi connectivity index (χ2v) is 7.80. The van der Waals surface area contributed by atoms with Crippen LogP contribution in [0.15, 0.2) is 83.6 Å². The number of pyridine rings is 1. The molecule has 4 aromatic rings. The number of aromatic nitrogens is 4. The predicted molar refractivity (Wildman–Crippen MR) is 117 cm³/mol. The molecule has 0 saturated heterocycles. The van der Waals surface area contributed by atoms with Crippen LogP contribution in [-0.4, -0.2) is 25.7 Å². The van der Waals surface area contributed by atoms with E-state index in [2.05, 4.69) is 20.6 Å². The van der Waals surface area contributed by atoms with Crippen LogP contribution in [0.2, 0.25) is 0 Å². The highest BCUT2D eigenvalue weighted by Crippen LogP contribution is 2.37. The topological polar surface area (TPSA) is 84.7 Å². The Bertz CT molecular complexity index is 1220. The van der Waals surface area contributed by atoms with Crippen molar-refractivity contribution in [2.45, 2.75) is 13.0 Å². The quantitative estimate of drug-likeness (QED) is 0.519. The molecular formula is C22H18N6OS. The number of carbonyl (C=O) groups excluding carboxylic acids is 1. The van der Waals surface area contributed by atoms with Crippen LogP contribution in [0, 0.1) is 0 Å². The predicted octanol–water partition coefficient (Wildman–Crippen LogP) is 4.33. The number of nitrogens with zero attached hydrogens (tertiary/aromatic N) is 4. The van der Waals surface area contributed by atoms with Crippen LogP contribution in [0.4, 0.5) is 11.6 Å². The van der Waals surface area contributed by atoms with E-state index >= 15 is 0 Å². The maximum absolute atomic E-state index is 13.3. The second kappa shape index (κ2) is 7.57. The molecule has 148 valence electrons. The van der Waals surface area contributed by atoms with Gasteiger partial charge in [0.1, 0.15) is 6.04 Å². The van der Waals surface area contributed by atoms with Crippen molar-refractivity contribution in [3.8, 4) is 10.7 Å². The molecule has 2 N–H and O–H groups in total. The molecular weight excluding hydrogens is 396 g/mol. The fraction of sp³-hybridized carbons (Fsp3) is 0.0909. The molecule has 1 unspecified atom stereocenters. The molecule has 0 saturated carbocycles. The summed E-state index contributed by atoms with van der Waals surface area (Å²) in [7, 11) is 0. The first-order valence-electron chi connectivity index (χ1n) is 9.45. The third-order valence-electron chi connectivity index (χ3n) is 4.87. The summed E-state index contributed by atoms with van der Waals surface area (Å²) >= 11 is 1.58. The van der Waals surface area contributed by atoms with Crippen LogP contribution >= 0.6 is 11.3 Å². The highest BCUT2D eigenvalue weighted by atomic mass is 32.1. The molecule has 1 aromatic carbocycles. The zero-order valence-corrected chi connectivity index (χ0v) is 16.9. The van der Waals surface area contributed by atoms with Crippen molar-refractivity contribution in [3.63, 3.8) is 0 Å². The molecule has 1 amide bonds. The number of fused-ring (bicyclic) bond motifs is 1. The fourth-order valence-corrected chi connectivity index (χ4v) is 4.19. The SMILES string of the molecule is CC1=C(C(=O)Nc2cccnc2)C(c2ccccc2)n2nc(-c3cccs3)nc2N1. The van der Waals surface area contributed by atoms with E-state index in [1.165, 1.54) is 0 Å². The van der Waals surface area contributed by atoms with Crippen molar-refractivity contribution in [1.82, 2.24) is 19.7 Å². The molecule has 1 aliphatic heterocycles. The van der Waals surface area contributed by atoms with Gasteiger partial charge >= 0.3 is 0 Å². The van der Waals surface area contributed by atoms with Gasteiger partial charge in [-0.1, -0.05) is 36.4 Å². The fourth-order valence-electron chi connectivity index (χ4n) is 3.53. The second-order valence-electron chi connectivity index (χ2n) is 6.85. The van der Waals surface area contributed by atoms with E-state index in [1.54, 1.807) is 34.5 Å².